The SMILES string of the molecule is CCNc1cc(Sc2ncnn2C)ccn1. The molecule has 2 aromatic rings. The molecule has 0 atom stereocenters. The van der Waals surface area contributed by atoms with Gasteiger partial charge in [0.25, 0.3) is 0 Å². The molecule has 5 nitrogen and oxygen atoms in total. The van der Waals surface area contributed by atoms with Gasteiger partial charge in [-0.2, -0.15) is 5.10 Å². The molecule has 0 saturated heterocycles. The van der Waals surface area contributed by atoms with E-state index in [0.717, 1.165) is 22.4 Å². The quantitative estimate of drug-likeness (QED) is 0.875. The topological polar surface area (TPSA) is 55.6 Å². The van der Waals surface area contributed by atoms with Crippen LogP contribution in [-0.2, 0) is 7.05 Å². The third-order valence-corrected chi connectivity index (χ3v) is 3.01. The molecule has 0 aliphatic rings. The standard InChI is InChI=1S/C10H13N5S/c1-3-11-9-6-8(4-5-12-9)16-10-13-7-14-15(10)2/h4-7H,3H2,1-2H3,(H,11,12). The molecule has 0 unspecified atom stereocenters. The van der Waals surface area contributed by atoms with E-state index in [1.807, 2.05) is 26.1 Å². The van der Waals surface area contributed by atoms with Gasteiger partial charge in [-0.1, -0.05) is 0 Å². The predicted octanol–water partition coefficient (Wildman–Crippen LogP) is 1.79. The van der Waals surface area contributed by atoms with E-state index in [9.17, 15) is 0 Å². The van der Waals surface area contributed by atoms with E-state index in [4.69, 9.17) is 0 Å². The highest BCUT2D eigenvalue weighted by Gasteiger charge is 2.04. The predicted molar refractivity (Wildman–Crippen MR) is 63.5 cm³/mol. The molecule has 6 heteroatoms. The minimum absolute atomic E-state index is 0.866. The first-order chi connectivity index (χ1) is 7.79. The van der Waals surface area contributed by atoms with Crippen LogP contribution in [0.2, 0.25) is 0 Å². The lowest BCUT2D eigenvalue weighted by molar-refractivity contribution is 0.685. The minimum Gasteiger partial charge on any atom is -0.370 e. The molecule has 0 aromatic carbocycles. The molecule has 2 heterocycles. The summed E-state index contributed by atoms with van der Waals surface area (Å²) in [5.41, 5.74) is 0. The van der Waals surface area contributed by atoms with Gasteiger partial charge in [0.05, 0.1) is 0 Å². The average molecular weight is 235 g/mol. The van der Waals surface area contributed by atoms with Crippen LogP contribution in [0, 0.1) is 0 Å². The van der Waals surface area contributed by atoms with E-state index < -0.39 is 0 Å². The fourth-order valence-electron chi connectivity index (χ4n) is 1.24. The molecule has 0 bridgehead atoms. The summed E-state index contributed by atoms with van der Waals surface area (Å²) in [4.78, 5) is 9.47. The van der Waals surface area contributed by atoms with Crippen molar-refractivity contribution in [2.45, 2.75) is 17.0 Å². The number of pyridine rings is 1. The number of aromatic nitrogens is 4. The van der Waals surface area contributed by atoms with Crippen LogP contribution in [0.5, 0.6) is 0 Å². The highest BCUT2D eigenvalue weighted by atomic mass is 32.2. The number of nitrogens with zero attached hydrogens (tertiary/aromatic N) is 4. The monoisotopic (exact) mass is 235 g/mol. The Bertz CT molecular complexity index is 468. The highest BCUT2D eigenvalue weighted by molar-refractivity contribution is 7.99. The van der Waals surface area contributed by atoms with Gasteiger partial charge in [0.1, 0.15) is 12.1 Å². The summed E-state index contributed by atoms with van der Waals surface area (Å²) in [6.45, 7) is 2.91. The normalized spacial score (nSPS) is 10.4. The van der Waals surface area contributed by atoms with Crippen LogP contribution in [0.4, 0.5) is 5.82 Å². The zero-order valence-corrected chi connectivity index (χ0v) is 10.0. The maximum absolute atomic E-state index is 4.21. The number of hydrogen-bond donors (Lipinski definition) is 1. The maximum Gasteiger partial charge on any atom is 0.190 e. The number of anilines is 1. The number of nitrogens with one attached hydrogen (secondary N) is 1. The lowest BCUT2D eigenvalue weighted by atomic mass is 10.4. The van der Waals surface area contributed by atoms with Gasteiger partial charge in [-0.3, -0.25) is 0 Å². The van der Waals surface area contributed by atoms with Gasteiger partial charge in [-0.05, 0) is 30.8 Å². The van der Waals surface area contributed by atoms with E-state index in [2.05, 4.69) is 20.4 Å². The van der Waals surface area contributed by atoms with E-state index in [-0.39, 0.29) is 0 Å². The van der Waals surface area contributed by atoms with Crippen LogP contribution in [0.15, 0.2) is 34.7 Å². The second kappa shape index (κ2) is 4.98. The van der Waals surface area contributed by atoms with Gasteiger partial charge < -0.3 is 5.32 Å². The molecule has 0 aliphatic heterocycles. The third-order valence-electron chi connectivity index (χ3n) is 1.97. The summed E-state index contributed by atoms with van der Waals surface area (Å²) >= 11 is 1.57. The van der Waals surface area contributed by atoms with E-state index in [1.54, 1.807) is 29.0 Å². The summed E-state index contributed by atoms with van der Waals surface area (Å²) < 4.78 is 1.75. The Labute approximate surface area is 98.3 Å². The summed E-state index contributed by atoms with van der Waals surface area (Å²) in [6, 6.07) is 3.96. The fourth-order valence-corrected chi connectivity index (χ4v) is 2.03. The summed E-state index contributed by atoms with van der Waals surface area (Å²) in [5.74, 6) is 0.884. The van der Waals surface area contributed by atoms with Crippen molar-refractivity contribution >= 4 is 17.6 Å². The lowest BCUT2D eigenvalue weighted by Gasteiger charge is -2.04. The van der Waals surface area contributed by atoms with Crippen molar-refractivity contribution < 1.29 is 0 Å². The smallest absolute Gasteiger partial charge is 0.190 e. The Balaban J connectivity index is 2.15. The van der Waals surface area contributed by atoms with E-state index in [1.165, 1.54) is 0 Å². The fraction of sp³-hybridized carbons (Fsp3) is 0.300. The van der Waals surface area contributed by atoms with Crippen molar-refractivity contribution in [2.75, 3.05) is 11.9 Å². The Kier molecular flexibility index (Phi) is 3.40. The van der Waals surface area contributed by atoms with Gasteiger partial charge >= 0.3 is 0 Å². The van der Waals surface area contributed by atoms with Gasteiger partial charge in [0.15, 0.2) is 5.16 Å². The Morgan fingerprint density at radius 1 is 1.44 bits per heavy atom. The van der Waals surface area contributed by atoms with Gasteiger partial charge in [-0.15, -0.1) is 0 Å². The molecule has 16 heavy (non-hydrogen) atoms. The second-order valence-electron chi connectivity index (χ2n) is 3.18. The van der Waals surface area contributed by atoms with Crippen molar-refractivity contribution in [2.24, 2.45) is 7.05 Å². The van der Waals surface area contributed by atoms with Crippen molar-refractivity contribution in [1.82, 2.24) is 19.7 Å². The van der Waals surface area contributed by atoms with Crippen LogP contribution in [0.25, 0.3) is 0 Å². The molecule has 0 spiro atoms. The molecular weight excluding hydrogens is 222 g/mol. The molecule has 2 aromatic heterocycles. The highest BCUT2D eigenvalue weighted by Crippen LogP contribution is 2.25. The Morgan fingerprint density at radius 2 is 2.31 bits per heavy atom. The number of hydrogen-bond acceptors (Lipinski definition) is 5. The molecule has 2 rings (SSSR count). The van der Waals surface area contributed by atoms with Gasteiger partial charge in [0.2, 0.25) is 0 Å². The number of aryl methyl sites for hydroxylation is 1. The van der Waals surface area contributed by atoms with Crippen LogP contribution < -0.4 is 5.32 Å². The van der Waals surface area contributed by atoms with E-state index in [0.29, 0.717) is 0 Å². The van der Waals surface area contributed by atoms with Gasteiger partial charge in [0, 0.05) is 24.7 Å². The zero-order valence-electron chi connectivity index (χ0n) is 9.21. The molecular formula is C10H13N5S. The average Bonchev–Trinajstić information content (AvgIpc) is 2.66. The zero-order chi connectivity index (χ0) is 11.4. The largest absolute Gasteiger partial charge is 0.370 e. The minimum atomic E-state index is 0.866. The summed E-state index contributed by atoms with van der Waals surface area (Å²) in [6.07, 6.45) is 3.34. The molecule has 1 N–H and O–H groups in total. The first-order valence-electron chi connectivity index (χ1n) is 5.01. The molecule has 0 radical (unpaired) electrons. The van der Waals surface area contributed by atoms with Gasteiger partial charge in [-0.25, -0.2) is 14.6 Å². The summed E-state index contributed by atoms with van der Waals surface area (Å²) in [7, 11) is 1.88. The molecule has 84 valence electrons. The molecule has 0 fully saturated rings. The van der Waals surface area contributed by atoms with Crippen molar-refractivity contribution in [3.8, 4) is 0 Å². The second-order valence-corrected chi connectivity index (χ2v) is 4.22. The third kappa shape index (κ3) is 2.52. The van der Waals surface area contributed by atoms with Crippen LogP contribution >= 0.6 is 11.8 Å². The van der Waals surface area contributed by atoms with E-state index >= 15 is 0 Å². The molecule has 0 amide bonds. The summed E-state index contributed by atoms with van der Waals surface area (Å²) in [5, 5.41) is 8.07. The Hall–Kier alpha value is -1.56. The number of rotatable bonds is 4. The molecule has 0 aliphatic carbocycles. The Morgan fingerprint density at radius 3 is 3.00 bits per heavy atom. The van der Waals surface area contributed by atoms with Crippen molar-refractivity contribution in [3.05, 3.63) is 24.7 Å². The van der Waals surface area contributed by atoms with Crippen LogP contribution in [0.1, 0.15) is 6.92 Å². The maximum atomic E-state index is 4.21. The van der Waals surface area contributed by atoms with Crippen LogP contribution in [0.3, 0.4) is 0 Å². The first-order valence-corrected chi connectivity index (χ1v) is 5.83. The van der Waals surface area contributed by atoms with Crippen LogP contribution in [-0.4, -0.2) is 26.3 Å². The molecule has 0 saturated carbocycles. The lowest BCUT2D eigenvalue weighted by Crippen LogP contribution is -1.98. The first kappa shape index (κ1) is 10.9. The van der Waals surface area contributed by atoms with Crippen molar-refractivity contribution in [1.29, 1.82) is 0 Å². The van der Waals surface area contributed by atoms with Crippen molar-refractivity contribution in [3.63, 3.8) is 0 Å².